The predicted octanol–water partition coefficient (Wildman–Crippen LogP) is 1.72. The Labute approximate surface area is 97.9 Å². The third-order valence-corrected chi connectivity index (χ3v) is 3.00. The van der Waals surface area contributed by atoms with E-state index in [2.05, 4.69) is 0 Å². The van der Waals surface area contributed by atoms with E-state index in [0.717, 1.165) is 4.88 Å². The van der Waals surface area contributed by atoms with E-state index in [4.69, 9.17) is 4.74 Å². The maximum Gasteiger partial charge on any atom is 0.375 e. The van der Waals surface area contributed by atoms with E-state index in [9.17, 15) is 4.79 Å². The normalized spacial score (nSPS) is 10.1. The van der Waals surface area contributed by atoms with Crippen LogP contribution in [0.1, 0.15) is 4.88 Å². The van der Waals surface area contributed by atoms with Crippen LogP contribution in [-0.2, 0) is 18.3 Å². The highest BCUT2D eigenvalue weighted by molar-refractivity contribution is 7.10. The van der Waals surface area contributed by atoms with Crippen molar-refractivity contribution in [2.24, 2.45) is 7.05 Å². The number of pyridine rings is 1. The van der Waals surface area contributed by atoms with E-state index in [-0.39, 0.29) is 5.97 Å². The van der Waals surface area contributed by atoms with Crippen LogP contribution in [0.25, 0.3) is 0 Å². The fourth-order valence-corrected chi connectivity index (χ4v) is 2.01. The van der Waals surface area contributed by atoms with Gasteiger partial charge in [-0.2, -0.15) is 4.57 Å². The van der Waals surface area contributed by atoms with Crippen LogP contribution >= 0.6 is 11.3 Å². The Morgan fingerprint density at radius 1 is 1.38 bits per heavy atom. The standard InChI is InChI=1S/C12H12NO2S/c1-13-7-3-2-6-11(13)15-12(14)9-10-5-4-8-16-10/h2-8H,9H2,1H3/q+1. The molecule has 3 nitrogen and oxygen atoms in total. The zero-order valence-corrected chi connectivity index (χ0v) is 9.74. The Morgan fingerprint density at radius 2 is 2.25 bits per heavy atom. The summed E-state index contributed by atoms with van der Waals surface area (Å²) in [6.07, 6.45) is 2.17. The zero-order chi connectivity index (χ0) is 11.4. The lowest BCUT2D eigenvalue weighted by Gasteiger charge is -2.00. The molecule has 0 aliphatic carbocycles. The van der Waals surface area contributed by atoms with Gasteiger partial charge in [-0.25, -0.2) is 0 Å². The molecule has 0 radical (unpaired) electrons. The average Bonchev–Trinajstić information content (AvgIpc) is 2.74. The summed E-state index contributed by atoms with van der Waals surface area (Å²) in [4.78, 5) is 12.6. The first-order chi connectivity index (χ1) is 7.75. The van der Waals surface area contributed by atoms with Gasteiger partial charge in [0.25, 0.3) is 0 Å². The second-order valence-corrected chi connectivity index (χ2v) is 4.41. The van der Waals surface area contributed by atoms with Gasteiger partial charge in [0.15, 0.2) is 6.20 Å². The molecule has 2 heterocycles. The van der Waals surface area contributed by atoms with Crippen LogP contribution in [0.4, 0.5) is 0 Å². The summed E-state index contributed by atoms with van der Waals surface area (Å²) >= 11 is 1.56. The van der Waals surface area contributed by atoms with Crippen molar-refractivity contribution in [2.45, 2.75) is 6.42 Å². The van der Waals surface area contributed by atoms with Gasteiger partial charge in [0.2, 0.25) is 0 Å². The van der Waals surface area contributed by atoms with Crippen molar-refractivity contribution in [2.75, 3.05) is 0 Å². The predicted molar refractivity (Wildman–Crippen MR) is 61.3 cm³/mol. The number of aryl methyl sites for hydroxylation is 1. The smallest absolute Gasteiger partial charge is 0.370 e. The van der Waals surface area contributed by atoms with Gasteiger partial charge in [-0.05, 0) is 17.5 Å². The number of ether oxygens (including phenoxy) is 1. The highest BCUT2D eigenvalue weighted by Crippen LogP contribution is 2.10. The summed E-state index contributed by atoms with van der Waals surface area (Å²) < 4.78 is 7.02. The number of hydrogen-bond acceptors (Lipinski definition) is 3. The molecule has 2 rings (SSSR count). The van der Waals surface area contributed by atoms with Gasteiger partial charge in [0.1, 0.15) is 7.05 Å². The lowest BCUT2D eigenvalue weighted by atomic mass is 10.3. The first kappa shape index (κ1) is 10.8. The van der Waals surface area contributed by atoms with Gasteiger partial charge in [-0.1, -0.05) is 6.07 Å². The van der Waals surface area contributed by atoms with E-state index in [1.54, 1.807) is 22.0 Å². The van der Waals surface area contributed by atoms with Crippen LogP contribution in [0, 0.1) is 0 Å². The Hall–Kier alpha value is -1.68. The lowest BCUT2D eigenvalue weighted by Crippen LogP contribution is -2.31. The fraction of sp³-hybridized carbons (Fsp3) is 0.167. The van der Waals surface area contributed by atoms with Crippen LogP contribution in [0.15, 0.2) is 41.9 Å². The molecular weight excluding hydrogens is 222 g/mol. The largest absolute Gasteiger partial charge is 0.375 e. The number of aromatic nitrogens is 1. The number of carbonyl (C=O) groups is 1. The van der Waals surface area contributed by atoms with Gasteiger partial charge >= 0.3 is 11.8 Å². The number of hydrogen-bond donors (Lipinski definition) is 0. The molecule has 2 aromatic rings. The molecule has 0 fully saturated rings. The molecule has 0 bridgehead atoms. The molecular formula is C12H12NO2S+. The Balaban J connectivity index is 2.00. The monoisotopic (exact) mass is 234 g/mol. The number of thiophene rings is 1. The third kappa shape index (κ3) is 2.67. The van der Waals surface area contributed by atoms with Crippen molar-refractivity contribution in [3.63, 3.8) is 0 Å². The van der Waals surface area contributed by atoms with Crippen LogP contribution in [-0.4, -0.2) is 5.97 Å². The molecule has 0 aromatic carbocycles. The molecule has 0 unspecified atom stereocenters. The van der Waals surface area contributed by atoms with Crippen molar-refractivity contribution >= 4 is 17.3 Å². The minimum atomic E-state index is -0.232. The topological polar surface area (TPSA) is 30.2 Å². The highest BCUT2D eigenvalue weighted by atomic mass is 32.1. The maximum absolute atomic E-state index is 11.6. The average molecular weight is 234 g/mol. The summed E-state index contributed by atoms with van der Waals surface area (Å²) in [5.41, 5.74) is 0. The van der Waals surface area contributed by atoms with Crippen molar-refractivity contribution in [3.05, 3.63) is 46.8 Å². The minimum Gasteiger partial charge on any atom is -0.370 e. The van der Waals surface area contributed by atoms with Crippen molar-refractivity contribution in [3.8, 4) is 5.88 Å². The SMILES string of the molecule is C[n+]1ccccc1OC(=O)Cc1cccs1. The molecule has 4 heteroatoms. The van der Waals surface area contributed by atoms with E-state index in [1.807, 2.05) is 42.9 Å². The second-order valence-electron chi connectivity index (χ2n) is 3.38. The summed E-state index contributed by atoms with van der Waals surface area (Å²) in [5.74, 6) is 0.327. The number of esters is 1. The molecule has 0 saturated carbocycles. The number of carbonyl (C=O) groups excluding carboxylic acids is 1. The molecule has 0 spiro atoms. The van der Waals surface area contributed by atoms with Gasteiger partial charge < -0.3 is 4.74 Å². The molecule has 0 aliphatic heterocycles. The van der Waals surface area contributed by atoms with E-state index < -0.39 is 0 Å². The summed E-state index contributed by atoms with van der Waals surface area (Å²) in [5, 5.41) is 1.95. The zero-order valence-electron chi connectivity index (χ0n) is 8.92. The van der Waals surface area contributed by atoms with Gasteiger partial charge in [-0.3, -0.25) is 4.79 Å². The first-order valence-corrected chi connectivity index (χ1v) is 5.81. The molecule has 0 N–H and O–H groups in total. The number of rotatable bonds is 3. The van der Waals surface area contributed by atoms with Gasteiger partial charge in [-0.15, -0.1) is 11.3 Å². The molecule has 82 valence electrons. The first-order valence-electron chi connectivity index (χ1n) is 4.93. The Morgan fingerprint density at radius 3 is 2.94 bits per heavy atom. The highest BCUT2D eigenvalue weighted by Gasteiger charge is 2.12. The van der Waals surface area contributed by atoms with Gasteiger partial charge in [0.05, 0.1) is 12.5 Å². The lowest BCUT2D eigenvalue weighted by molar-refractivity contribution is -0.675. The second kappa shape index (κ2) is 4.90. The summed E-state index contributed by atoms with van der Waals surface area (Å²) in [7, 11) is 1.84. The van der Waals surface area contributed by atoms with Crippen LogP contribution < -0.4 is 9.30 Å². The molecule has 0 amide bonds. The molecule has 16 heavy (non-hydrogen) atoms. The van der Waals surface area contributed by atoms with Crippen LogP contribution in [0.3, 0.4) is 0 Å². The van der Waals surface area contributed by atoms with Gasteiger partial charge in [0, 0.05) is 10.9 Å². The summed E-state index contributed by atoms with van der Waals surface area (Å²) in [6.45, 7) is 0. The Bertz CT molecular complexity index is 480. The third-order valence-electron chi connectivity index (χ3n) is 2.12. The molecule has 0 atom stereocenters. The summed E-state index contributed by atoms with van der Waals surface area (Å²) in [6, 6.07) is 9.35. The van der Waals surface area contributed by atoms with Crippen molar-refractivity contribution in [1.82, 2.24) is 0 Å². The quantitative estimate of drug-likeness (QED) is 0.598. The van der Waals surface area contributed by atoms with E-state index >= 15 is 0 Å². The molecule has 0 aliphatic rings. The van der Waals surface area contributed by atoms with Crippen molar-refractivity contribution in [1.29, 1.82) is 0 Å². The van der Waals surface area contributed by atoms with E-state index in [0.29, 0.717) is 12.3 Å². The van der Waals surface area contributed by atoms with Crippen LogP contribution in [0.2, 0.25) is 0 Å². The minimum absolute atomic E-state index is 0.232. The molecule has 0 saturated heterocycles. The van der Waals surface area contributed by atoms with E-state index in [1.165, 1.54) is 0 Å². The van der Waals surface area contributed by atoms with Crippen molar-refractivity contribution < 1.29 is 14.1 Å². The fourth-order valence-electron chi connectivity index (χ4n) is 1.32. The maximum atomic E-state index is 11.6. The number of nitrogens with zero attached hydrogens (tertiary/aromatic N) is 1. The van der Waals surface area contributed by atoms with Crippen LogP contribution in [0.5, 0.6) is 5.88 Å². The molecule has 2 aromatic heterocycles. The Kier molecular flexibility index (Phi) is 3.31.